The normalized spacial score (nSPS) is 20.9. The van der Waals surface area contributed by atoms with Crippen molar-refractivity contribution in [3.63, 3.8) is 0 Å². The Kier molecular flexibility index (Phi) is 3.88. The van der Waals surface area contributed by atoms with Crippen LogP contribution in [0.2, 0.25) is 0 Å². The summed E-state index contributed by atoms with van der Waals surface area (Å²) in [4.78, 5) is 40.5. The molecule has 124 valence electrons. The average molecular weight is 360 g/mol. The van der Waals surface area contributed by atoms with E-state index in [2.05, 4.69) is 0 Å². The van der Waals surface area contributed by atoms with Crippen molar-refractivity contribution in [2.45, 2.75) is 33.2 Å². The van der Waals surface area contributed by atoms with Crippen LogP contribution in [0.3, 0.4) is 0 Å². The Morgan fingerprint density at radius 2 is 1.75 bits per heavy atom. The second-order valence-corrected chi connectivity index (χ2v) is 8.20. The predicted molar refractivity (Wildman–Crippen MR) is 98.3 cm³/mol. The van der Waals surface area contributed by atoms with Gasteiger partial charge in [0.1, 0.15) is 4.32 Å². The van der Waals surface area contributed by atoms with Crippen LogP contribution in [0.5, 0.6) is 0 Å². The number of carbonyl (C=O) groups is 3. The van der Waals surface area contributed by atoms with Crippen LogP contribution < -0.4 is 4.90 Å². The van der Waals surface area contributed by atoms with E-state index < -0.39 is 11.4 Å². The molecule has 1 aromatic rings. The van der Waals surface area contributed by atoms with E-state index in [-0.39, 0.29) is 22.3 Å². The van der Waals surface area contributed by atoms with Crippen molar-refractivity contribution < 1.29 is 14.4 Å². The summed E-state index contributed by atoms with van der Waals surface area (Å²) < 4.78 is 0.418. The number of thiocarbonyl (C=S) groups is 1. The van der Waals surface area contributed by atoms with Crippen LogP contribution in [0.1, 0.15) is 33.3 Å². The van der Waals surface area contributed by atoms with Gasteiger partial charge in [0.15, 0.2) is 0 Å². The van der Waals surface area contributed by atoms with Gasteiger partial charge in [0, 0.05) is 18.0 Å². The molecule has 0 aromatic heterocycles. The van der Waals surface area contributed by atoms with Crippen molar-refractivity contribution in [1.82, 2.24) is 4.90 Å². The second kappa shape index (κ2) is 5.53. The van der Waals surface area contributed by atoms with Crippen molar-refractivity contribution in [2.24, 2.45) is 0 Å². The number of para-hydroxylation sites is 1. The first-order valence-corrected chi connectivity index (χ1v) is 8.62. The molecule has 2 aliphatic heterocycles. The molecule has 7 heteroatoms. The zero-order valence-corrected chi connectivity index (χ0v) is 15.4. The third-order valence-electron chi connectivity index (χ3n) is 3.81. The van der Waals surface area contributed by atoms with E-state index in [9.17, 15) is 14.4 Å². The Morgan fingerprint density at radius 3 is 2.29 bits per heavy atom. The van der Waals surface area contributed by atoms with E-state index in [0.717, 1.165) is 16.7 Å². The number of rotatable bonds is 0. The summed E-state index contributed by atoms with van der Waals surface area (Å²) in [6, 6.07) is 6.98. The maximum atomic E-state index is 12.9. The zero-order chi connectivity index (χ0) is 17.8. The number of anilines is 1. The lowest BCUT2D eigenvalue weighted by Crippen LogP contribution is -2.44. The monoisotopic (exact) mass is 360 g/mol. The standard InChI is InChI=1S/C17H16N2O3S2/c1-9(20)18-11-8-6-5-7-10(11)12(14(18)21)13-15(22)19(16(23)24-13)17(2,3)4/h5-8H,1-4H3. The third-order valence-corrected chi connectivity index (χ3v) is 5.19. The smallest absolute Gasteiger partial charge is 0.267 e. The molecular weight excluding hydrogens is 344 g/mol. The molecule has 3 amide bonds. The molecule has 0 atom stereocenters. The number of carbonyl (C=O) groups excluding carboxylic acids is 3. The molecule has 0 radical (unpaired) electrons. The number of imide groups is 1. The highest BCUT2D eigenvalue weighted by Crippen LogP contribution is 2.45. The van der Waals surface area contributed by atoms with Gasteiger partial charge in [-0.2, -0.15) is 0 Å². The molecule has 0 unspecified atom stereocenters. The Hall–Kier alpha value is -1.99. The Labute approximate surface area is 149 Å². The van der Waals surface area contributed by atoms with Crippen LogP contribution in [-0.4, -0.2) is 32.5 Å². The fourth-order valence-corrected chi connectivity index (χ4v) is 4.55. The SMILES string of the molecule is CC(=O)N1C(=O)C(=C2SC(=S)N(C(C)(C)C)C2=O)c2ccccc21. The van der Waals surface area contributed by atoms with Crippen molar-refractivity contribution in [1.29, 1.82) is 0 Å². The molecule has 1 saturated heterocycles. The van der Waals surface area contributed by atoms with Gasteiger partial charge in [-0.1, -0.05) is 42.2 Å². The van der Waals surface area contributed by atoms with Gasteiger partial charge in [-0.3, -0.25) is 19.3 Å². The van der Waals surface area contributed by atoms with Crippen molar-refractivity contribution >= 4 is 57.3 Å². The van der Waals surface area contributed by atoms with Crippen LogP contribution in [0.4, 0.5) is 5.69 Å². The summed E-state index contributed by atoms with van der Waals surface area (Å²) in [5.74, 6) is -1.15. The largest absolute Gasteiger partial charge is 0.287 e. The van der Waals surface area contributed by atoms with Crippen LogP contribution in [0.15, 0.2) is 29.2 Å². The summed E-state index contributed by atoms with van der Waals surface area (Å²) in [6.07, 6.45) is 0. The molecule has 5 nitrogen and oxygen atoms in total. The van der Waals surface area contributed by atoms with Gasteiger partial charge in [0.25, 0.3) is 11.8 Å². The van der Waals surface area contributed by atoms with Crippen LogP contribution >= 0.6 is 24.0 Å². The van der Waals surface area contributed by atoms with Gasteiger partial charge < -0.3 is 0 Å². The number of hydrogen-bond acceptors (Lipinski definition) is 5. The fourth-order valence-electron chi connectivity index (χ4n) is 2.85. The maximum Gasteiger partial charge on any atom is 0.267 e. The van der Waals surface area contributed by atoms with E-state index in [4.69, 9.17) is 12.2 Å². The number of amides is 3. The highest BCUT2D eigenvalue weighted by Gasteiger charge is 2.45. The number of fused-ring (bicyclic) bond motifs is 1. The molecular formula is C17H16N2O3S2. The van der Waals surface area contributed by atoms with E-state index in [1.807, 2.05) is 20.8 Å². The number of thioether (sulfide) groups is 1. The van der Waals surface area contributed by atoms with Crippen molar-refractivity contribution in [2.75, 3.05) is 4.90 Å². The lowest BCUT2D eigenvalue weighted by atomic mass is 10.0. The minimum absolute atomic E-state index is 0.255. The molecule has 1 aromatic carbocycles. The van der Waals surface area contributed by atoms with Crippen molar-refractivity contribution in [3.8, 4) is 0 Å². The average Bonchev–Trinajstić information content (AvgIpc) is 2.91. The van der Waals surface area contributed by atoms with Crippen molar-refractivity contribution in [3.05, 3.63) is 34.7 Å². The quantitative estimate of drug-likeness (QED) is 0.526. The van der Waals surface area contributed by atoms with Gasteiger partial charge in [-0.25, -0.2) is 4.90 Å². The molecule has 2 heterocycles. The highest BCUT2D eigenvalue weighted by molar-refractivity contribution is 8.26. The number of nitrogens with zero attached hydrogens (tertiary/aromatic N) is 2. The third kappa shape index (κ3) is 2.39. The molecule has 0 N–H and O–H groups in total. The van der Waals surface area contributed by atoms with Gasteiger partial charge in [-0.15, -0.1) is 0 Å². The van der Waals surface area contributed by atoms with E-state index in [1.165, 1.54) is 11.8 Å². The molecule has 3 rings (SSSR count). The lowest BCUT2D eigenvalue weighted by Gasteiger charge is -2.30. The van der Waals surface area contributed by atoms with Crippen LogP contribution in [0, 0.1) is 0 Å². The first kappa shape index (κ1) is 16.9. The second-order valence-electron chi connectivity index (χ2n) is 6.56. The van der Waals surface area contributed by atoms with E-state index in [1.54, 1.807) is 24.3 Å². The first-order chi connectivity index (χ1) is 11.1. The lowest BCUT2D eigenvalue weighted by molar-refractivity contribution is -0.126. The van der Waals surface area contributed by atoms with Gasteiger partial charge in [-0.05, 0) is 26.8 Å². The molecule has 1 fully saturated rings. The summed E-state index contributed by atoms with van der Waals surface area (Å²) >= 11 is 6.45. The van der Waals surface area contributed by atoms with Gasteiger partial charge in [0.05, 0.1) is 16.2 Å². The first-order valence-electron chi connectivity index (χ1n) is 7.39. The highest BCUT2D eigenvalue weighted by atomic mass is 32.2. The van der Waals surface area contributed by atoms with E-state index in [0.29, 0.717) is 15.6 Å². The molecule has 0 aliphatic carbocycles. The predicted octanol–water partition coefficient (Wildman–Crippen LogP) is 2.95. The topological polar surface area (TPSA) is 57.7 Å². The fraction of sp³-hybridized carbons (Fsp3) is 0.294. The van der Waals surface area contributed by atoms with Crippen LogP contribution in [0.25, 0.3) is 5.57 Å². The van der Waals surface area contributed by atoms with Crippen LogP contribution in [-0.2, 0) is 14.4 Å². The minimum atomic E-state index is -0.481. The Morgan fingerprint density at radius 1 is 1.12 bits per heavy atom. The minimum Gasteiger partial charge on any atom is -0.287 e. The number of hydrogen-bond donors (Lipinski definition) is 0. The molecule has 0 saturated carbocycles. The molecule has 0 bridgehead atoms. The number of benzene rings is 1. The molecule has 24 heavy (non-hydrogen) atoms. The van der Waals surface area contributed by atoms with E-state index >= 15 is 0 Å². The Balaban J connectivity index is 2.21. The van der Waals surface area contributed by atoms with Gasteiger partial charge in [0.2, 0.25) is 5.91 Å². The molecule has 0 spiro atoms. The summed E-state index contributed by atoms with van der Waals surface area (Å²) in [6.45, 7) is 6.99. The molecule has 2 aliphatic rings. The maximum absolute atomic E-state index is 12.9. The summed E-state index contributed by atoms with van der Waals surface area (Å²) in [5, 5.41) is 0. The summed E-state index contributed by atoms with van der Waals surface area (Å²) in [7, 11) is 0. The summed E-state index contributed by atoms with van der Waals surface area (Å²) in [5.41, 5.74) is 0.869. The Bertz CT molecular complexity index is 836. The zero-order valence-electron chi connectivity index (χ0n) is 13.7. The van der Waals surface area contributed by atoms with Gasteiger partial charge >= 0.3 is 0 Å².